The highest BCUT2D eigenvalue weighted by Crippen LogP contribution is 2.15. The van der Waals surface area contributed by atoms with Gasteiger partial charge in [-0.05, 0) is 17.7 Å². The van der Waals surface area contributed by atoms with E-state index in [1.807, 2.05) is 24.3 Å². The first-order chi connectivity index (χ1) is 7.66. The molecule has 2 aromatic rings. The molecule has 0 bridgehead atoms. The van der Waals surface area contributed by atoms with Gasteiger partial charge in [0, 0.05) is 28.5 Å². The van der Waals surface area contributed by atoms with Crippen molar-refractivity contribution in [3.63, 3.8) is 0 Å². The number of ether oxygens (including phenoxy) is 1. The molecule has 1 aromatic carbocycles. The van der Waals surface area contributed by atoms with Gasteiger partial charge in [0.05, 0.1) is 0 Å². The van der Waals surface area contributed by atoms with Crippen molar-refractivity contribution in [3.8, 4) is 0 Å². The van der Waals surface area contributed by atoms with Crippen LogP contribution in [-0.2, 0) is 16.1 Å². The molecule has 4 heteroatoms. The van der Waals surface area contributed by atoms with Crippen LogP contribution in [0.25, 0.3) is 10.9 Å². The quantitative estimate of drug-likeness (QED) is 0.640. The van der Waals surface area contributed by atoms with Gasteiger partial charge in [-0.1, -0.05) is 24.4 Å². The molecule has 0 spiro atoms. The number of rotatable bonds is 2. The molecular weight excluding hydrogens is 222 g/mol. The van der Waals surface area contributed by atoms with Crippen molar-refractivity contribution < 1.29 is 9.53 Å². The van der Waals surface area contributed by atoms with Crippen LogP contribution >= 0.6 is 12.2 Å². The largest absolute Gasteiger partial charge is 0.461 e. The molecule has 0 aliphatic carbocycles. The Morgan fingerprint density at radius 2 is 2.25 bits per heavy atom. The summed E-state index contributed by atoms with van der Waals surface area (Å²) in [5.41, 5.74) is 1.90. The SMILES string of the molecule is CC(=O)OCc1ccc2c(=S)cc[nH]c2c1. The molecule has 0 radical (unpaired) electrons. The van der Waals surface area contributed by atoms with Crippen molar-refractivity contribution in [2.24, 2.45) is 0 Å². The second kappa shape index (κ2) is 4.45. The van der Waals surface area contributed by atoms with E-state index in [2.05, 4.69) is 4.98 Å². The first-order valence-electron chi connectivity index (χ1n) is 4.90. The monoisotopic (exact) mass is 233 g/mol. The van der Waals surface area contributed by atoms with Crippen LogP contribution in [0.15, 0.2) is 30.5 Å². The van der Waals surface area contributed by atoms with Gasteiger partial charge in [0.2, 0.25) is 0 Å². The van der Waals surface area contributed by atoms with Gasteiger partial charge >= 0.3 is 5.97 Å². The summed E-state index contributed by atoms with van der Waals surface area (Å²) in [6, 6.07) is 7.64. The lowest BCUT2D eigenvalue weighted by atomic mass is 10.1. The highest BCUT2D eigenvalue weighted by molar-refractivity contribution is 7.71. The fraction of sp³-hybridized carbons (Fsp3) is 0.167. The molecule has 1 aromatic heterocycles. The summed E-state index contributed by atoms with van der Waals surface area (Å²) < 4.78 is 5.74. The van der Waals surface area contributed by atoms with Crippen molar-refractivity contribution in [2.45, 2.75) is 13.5 Å². The van der Waals surface area contributed by atoms with Crippen LogP contribution in [-0.4, -0.2) is 11.0 Å². The number of pyridine rings is 1. The summed E-state index contributed by atoms with van der Waals surface area (Å²) in [6.07, 6.45) is 1.81. The number of benzene rings is 1. The minimum absolute atomic E-state index is 0.277. The Morgan fingerprint density at radius 1 is 1.44 bits per heavy atom. The molecule has 0 aliphatic rings. The van der Waals surface area contributed by atoms with Crippen LogP contribution in [0.1, 0.15) is 12.5 Å². The second-order valence-corrected chi connectivity index (χ2v) is 3.94. The summed E-state index contributed by atoms with van der Waals surface area (Å²) in [6.45, 7) is 1.69. The van der Waals surface area contributed by atoms with Crippen LogP contribution in [0, 0.1) is 4.51 Å². The molecular formula is C12H11NO2S. The lowest BCUT2D eigenvalue weighted by Crippen LogP contribution is -1.98. The molecule has 2 rings (SSSR count). The summed E-state index contributed by atoms with van der Waals surface area (Å²) in [7, 11) is 0. The van der Waals surface area contributed by atoms with Gasteiger partial charge in [0.1, 0.15) is 6.61 Å². The molecule has 1 N–H and O–H groups in total. The zero-order chi connectivity index (χ0) is 11.5. The minimum Gasteiger partial charge on any atom is -0.461 e. The number of esters is 1. The van der Waals surface area contributed by atoms with E-state index >= 15 is 0 Å². The van der Waals surface area contributed by atoms with Crippen LogP contribution < -0.4 is 0 Å². The van der Waals surface area contributed by atoms with E-state index in [4.69, 9.17) is 17.0 Å². The minimum atomic E-state index is -0.277. The van der Waals surface area contributed by atoms with Gasteiger partial charge in [-0.25, -0.2) is 0 Å². The van der Waals surface area contributed by atoms with Crippen molar-refractivity contribution >= 4 is 29.1 Å². The highest BCUT2D eigenvalue weighted by atomic mass is 32.1. The van der Waals surface area contributed by atoms with Gasteiger partial charge in [0.25, 0.3) is 0 Å². The van der Waals surface area contributed by atoms with Crippen molar-refractivity contribution in [1.82, 2.24) is 4.98 Å². The predicted octanol–water partition coefficient (Wildman–Crippen LogP) is 2.96. The Labute approximate surface area is 98.1 Å². The zero-order valence-corrected chi connectivity index (χ0v) is 9.64. The number of aromatic amines is 1. The lowest BCUT2D eigenvalue weighted by molar-refractivity contribution is -0.142. The Morgan fingerprint density at radius 3 is 3.00 bits per heavy atom. The number of aromatic nitrogens is 1. The fourth-order valence-electron chi connectivity index (χ4n) is 1.50. The molecule has 16 heavy (non-hydrogen) atoms. The molecule has 3 nitrogen and oxygen atoms in total. The van der Waals surface area contributed by atoms with Gasteiger partial charge in [-0.3, -0.25) is 4.79 Å². The molecule has 1 heterocycles. The van der Waals surface area contributed by atoms with Crippen molar-refractivity contribution in [3.05, 3.63) is 40.5 Å². The van der Waals surface area contributed by atoms with Crippen molar-refractivity contribution in [1.29, 1.82) is 0 Å². The number of carbonyl (C=O) groups is 1. The number of H-pyrrole nitrogens is 1. The normalized spacial score (nSPS) is 10.3. The molecule has 0 saturated heterocycles. The third kappa shape index (κ3) is 2.28. The van der Waals surface area contributed by atoms with Gasteiger partial charge < -0.3 is 9.72 Å². The first kappa shape index (κ1) is 10.8. The molecule has 0 unspecified atom stereocenters. The molecule has 0 atom stereocenters. The van der Waals surface area contributed by atoms with E-state index in [9.17, 15) is 4.79 Å². The third-order valence-corrected chi connectivity index (χ3v) is 2.62. The Balaban J connectivity index is 2.37. The maximum atomic E-state index is 10.7. The molecule has 0 fully saturated rings. The van der Waals surface area contributed by atoms with Crippen LogP contribution in [0.3, 0.4) is 0 Å². The number of nitrogens with one attached hydrogen (secondary N) is 1. The van der Waals surface area contributed by atoms with E-state index in [1.165, 1.54) is 6.92 Å². The maximum absolute atomic E-state index is 10.7. The third-order valence-electron chi connectivity index (χ3n) is 2.27. The number of hydrogen-bond acceptors (Lipinski definition) is 3. The first-order valence-corrected chi connectivity index (χ1v) is 5.31. The predicted molar refractivity (Wildman–Crippen MR) is 64.6 cm³/mol. The second-order valence-electron chi connectivity index (χ2n) is 3.50. The topological polar surface area (TPSA) is 42.1 Å². The fourth-order valence-corrected chi connectivity index (χ4v) is 1.74. The van der Waals surface area contributed by atoms with Crippen LogP contribution in [0.5, 0.6) is 0 Å². The zero-order valence-electron chi connectivity index (χ0n) is 8.82. The lowest BCUT2D eigenvalue weighted by Gasteiger charge is -2.04. The average molecular weight is 233 g/mol. The van der Waals surface area contributed by atoms with E-state index in [0.717, 1.165) is 21.0 Å². The summed E-state index contributed by atoms with van der Waals surface area (Å²) >= 11 is 5.20. The Bertz CT molecular complexity index is 589. The standard InChI is InChI=1S/C12H11NO2S/c1-8(14)15-7-9-2-3-10-11(6-9)13-5-4-12(10)16/h2-6H,7H2,1H3,(H,13,16). The smallest absolute Gasteiger partial charge is 0.302 e. The molecule has 82 valence electrons. The van der Waals surface area contributed by atoms with E-state index in [-0.39, 0.29) is 5.97 Å². The molecule has 0 saturated carbocycles. The highest BCUT2D eigenvalue weighted by Gasteiger charge is 1.99. The summed E-state index contributed by atoms with van der Waals surface area (Å²) in [5.74, 6) is -0.277. The average Bonchev–Trinajstić information content (AvgIpc) is 2.26. The number of fused-ring (bicyclic) bond motifs is 1. The van der Waals surface area contributed by atoms with E-state index in [0.29, 0.717) is 6.61 Å². The Hall–Kier alpha value is -1.68. The molecule has 0 aliphatic heterocycles. The van der Waals surface area contributed by atoms with Gasteiger partial charge in [-0.15, -0.1) is 0 Å². The van der Waals surface area contributed by atoms with Crippen molar-refractivity contribution in [2.75, 3.05) is 0 Å². The Kier molecular flexibility index (Phi) is 3.01. The summed E-state index contributed by atoms with van der Waals surface area (Å²) in [5, 5.41) is 1.00. The maximum Gasteiger partial charge on any atom is 0.302 e. The van der Waals surface area contributed by atoms with Crippen LogP contribution in [0.4, 0.5) is 0 Å². The summed E-state index contributed by atoms with van der Waals surface area (Å²) in [4.78, 5) is 13.8. The van der Waals surface area contributed by atoms with E-state index < -0.39 is 0 Å². The van der Waals surface area contributed by atoms with Gasteiger partial charge in [-0.2, -0.15) is 0 Å². The van der Waals surface area contributed by atoms with Crippen LogP contribution in [0.2, 0.25) is 0 Å². The molecule has 0 amide bonds. The van der Waals surface area contributed by atoms with E-state index in [1.54, 1.807) is 6.20 Å². The number of carbonyl (C=O) groups excluding carboxylic acids is 1. The van der Waals surface area contributed by atoms with Gasteiger partial charge in [0.15, 0.2) is 0 Å². The number of hydrogen-bond donors (Lipinski definition) is 1.